The van der Waals surface area contributed by atoms with Crippen molar-refractivity contribution in [2.45, 2.75) is 33.2 Å². The number of aromatic nitrogens is 3. The quantitative estimate of drug-likeness (QED) is 0.826. The van der Waals surface area contributed by atoms with Gasteiger partial charge in [-0.15, -0.1) is 15.0 Å². The van der Waals surface area contributed by atoms with Crippen LogP contribution in [0.5, 0.6) is 0 Å². The number of sulfone groups is 1. The Morgan fingerprint density at radius 1 is 1.36 bits per heavy atom. The molecular weight excluding hydrogens is 338 g/mol. The molecule has 25 heavy (non-hydrogen) atoms. The lowest BCUT2D eigenvalue weighted by Crippen LogP contribution is -2.37. The van der Waals surface area contributed by atoms with Crippen molar-refractivity contribution in [3.63, 3.8) is 0 Å². The van der Waals surface area contributed by atoms with E-state index in [1.165, 1.54) is 4.80 Å². The third-order valence-electron chi connectivity index (χ3n) is 4.53. The number of aryl methyl sites for hydroxylation is 2. The summed E-state index contributed by atoms with van der Waals surface area (Å²) in [5.74, 6) is 0.732. The highest BCUT2D eigenvalue weighted by molar-refractivity contribution is 7.91. The van der Waals surface area contributed by atoms with Crippen molar-refractivity contribution in [3.05, 3.63) is 35.0 Å². The van der Waals surface area contributed by atoms with Crippen molar-refractivity contribution < 1.29 is 8.42 Å². The van der Waals surface area contributed by atoms with Gasteiger partial charge in [-0.1, -0.05) is 17.7 Å². The fourth-order valence-corrected chi connectivity index (χ4v) is 5.04. The second kappa shape index (κ2) is 6.48. The molecule has 2 heterocycles. The summed E-state index contributed by atoms with van der Waals surface area (Å²) < 4.78 is 23.6. The van der Waals surface area contributed by atoms with E-state index in [1.807, 2.05) is 43.9 Å². The lowest BCUT2D eigenvalue weighted by Gasteiger charge is -2.26. The Balaban J connectivity index is 2.02. The molecule has 0 amide bonds. The van der Waals surface area contributed by atoms with E-state index in [1.54, 1.807) is 0 Å². The van der Waals surface area contributed by atoms with E-state index >= 15 is 0 Å². The maximum atomic E-state index is 11.8. The molecule has 1 saturated heterocycles. The Kier molecular flexibility index (Phi) is 4.52. The van der Waals surface area contributed by atoms with Gasteiger partial charge in [0.05, 0.1) is 17.2 Å². The van der Waals surface area contributed by atoms with E-state index in [2.05, 4.69) is 16.3 Å². The molecule has 0 bridgehead atoms. The van der Waals surface area contributed by atoms with E-state index in [0.717, 1.165) is 16.8 Å². The molecule has 1 aliphatic rings. The summed E-state index contributed by atoms with van der Waals surface area (Å²) in [6.45, 7) is 6.49. The van der Waals surface area contributed by atoms with E-state index in [4.69, 9.17) is 0 Å². The molecule has 2 aromatic rings. The first-order chi connectivity index (χ1) is 11.8. The summed E-state index contributed by atoms with van der Waals surface area (Å²) in [7, 11) is -3.01. The van der Waals surface area contributed by atoms with Crippen molar-refractivity contribution in [1.29, 1.82) is 5.26 Å². The summed E-state index contributed by atoms with van der Waals surface area (Å²) >= 11 is 0. The largest absolute Gasteiger partial charge is 0.349 e. The van der Waals surface area contributed by atoms with Crippen molar-refractivity contribution in [2.75, 3.05) is 23.0 Å². The molecule has 1 aliphatic heterocycles. The Bertz CT molecular complexity index is 942. The van der Waals surface area contributed by atoms with Gasteiger partial charge in [0.2, 0.25) is 5.69 Å². The van der Waals surface area contributed by atoms with E-state index in [0.29, 0.717) is 18.8 Å². The number of hydrogen-bond acceptors (Lipinski definition) is 6. The van der Waals surface area contributed by atoms with Crippen molar-refractivity contribution in [1.82, 2.24) is 15.0 Å². The third-order valence-corrected chi connectivity index (χ3v) is 6.28. The molecule has 1 fully saturated rings. The highest BCUT2D eigenvalue weighted by atomic mass is 32.2. The van der Waals surface area contributed by atoms with Gasteiger partial charge in [0.25, 0.3) is 0 Å². The Labute approximate surface area is 147 Å². The number of nitriles is 1. The van der Waals surface area contributed by atoms with E-state index in [9.17, 15) is 13.7 Å². The van der Waals surface area contributed by atoms with Gasteiger partial charge in [0.15, 0.2) is 15.7 Å². The molecule has 0 spiro atoms. The Morgan fingerprint density at radius 2 is 2.12 bits per heavy atom. The van der Waals surface area contributed by atoms with Crippen molar-refractivity contribution in [2.24, 2.45) is 0 Å². The summed E-state index contributed by atoms with van der Waals surface area (Å²) in [4.78, 5) is 3.35. The first-order valence-electron chi connectivity index (χ1n) is 8.26. The molecule has 3 rings (SSSR count). The fourth-order valence-electron chi connectivity index (χ4n) is 3.30. The number of nitrogens with zero attached hydrogens (tertiary/aromatic N) is 5. The smallest absolute Gasteiger partial charge is 0.207 e. The molecule has 8 heteroatoms. The topological polar surface area (TPSA) is 91.9 Å². The van der Waals surface area contributed by atoms with E-state index < -0.39 is 9.84 Å². The zero-order valence-corrected chi connectivity index (χ0v) is 15.4. The van der Waals surface area contributed by atoms with Crippen LogP contribution in [-0.2, 0) is 9.84 Å². The maximum absolute atomic E-state index is 11.8. The van der Waals surface area contributed by atoms with Gasteiger partial charge < -0.3 is 4.90 Å². The number of anilines is 1. The predicted molar refractivity (Wildman–Crippen MR) is 95.6 cm³/mol. The fraction of sp³-hybridized carbons (Fsp3) is 0.471. The van der Waals surface area contributed by atoms with Crippen LogP contribution in [0.4, 0.5) is 5.82 Å². The van der Waals surface area contributed by atoms with Gasteiger partial charge >= 0.3 is 0 Å². The molecule has 7 nitrogen and oxygen atoms in total. The lowest BCUT2D eigenvalue weighted by molar-refractivity contribution is 0.599. The first-order valence-corrected chi connectivity index (χ1v) is 10.1. The van der Waals surface area contributed by atoms with E-state index in [-0.39, 0.29) is 23.2 Å². The average Bonchev–Trinajstić information content (AvgIpc) is 3.12. The van der Waals surface area contributed by atoms with Crippen LogP contribution in [0.1, 0.15) is 30.2 Å². The first kappa shape index (κ1) is 17.4. The normalized spacial score (nSPS) is 18.9. The minimum atomic E-state index is -3.01. The maximum Gasteiger partial charge on any atom is 0.207 e. The van der Waals surface area contributed by atoms with Gasteiger partial charge in [-0.05, 0) is 38.8 Å². The van der Waals surface area contributed by atoms with Crippen LogP contribution < -0.4 is 4.90 Å². The van der Waals surface area contributed by atoms with Crippen LogP contribution >= 0.6 is 0 Å². The highest BCUT2D eigenvalue weighted by Gasteiger charge is 2.34. The minimum Gasteiger partial charge on any atom is -0.349 e. The second-order valence-corrected chi connectivity index (χ2v) is 8.63. The summed E-state index contributed by atoms with van der Waals surface area (Å²) in [6.07, 6.45) is 0.553. The predicted octanol–water partition coefficient (Wildman–Crippen LogP) is 1.77. The average molecular weight is 359 g/mol. The minimum absolute atomic E-state index is 0.0993. The molecule has 0 radical (unpaired) electrons. The zero-order chi connectivity index (χ0) is 18.2. The van der Waals surface area contributed by atoms with Crippen LogP contribution in [0.3, 0.4) is 0 Å². The SMILES string of the molecule is CCN(c1nn(-c2ccc(C)cc2C)nc1C#N)C1CCS(=O)(=O)C1. The Morgan fingerprint density at radius 3 is 2.68 bits per heavy atom. The molecule has 1 unspecified atom stereocenters. The standard InChI is InChI=1S/C17H21N5O2S/c1-4-21(14-7-8-25(23,24)11-14)17-15(10-18)19-22(20-17)16-6-5-12(2)9-13(16)3/h5-6,9,14H,4,7-8,11H2,1-3H3. The number of benzene rings is 1. The van der Waals surface area contributed by atoms with Gasteiger partial charge in [-0.25, -0.2) is 8.42 Å². The summed E-state index contributed by atoms with van der Waals surface area (Å²) in [5, 5.41) is 18.3. The zero-order valence-electron chi connectivity index (χ0n) is 14.6. The number of rotatable bonds is 4. The third kappa shape index (κ3) is 3.37. The van der Waals surface area contributed by atoms with Crippen LogP contribution in [0, 0.1) is 25.2 Å². The lowest BCUT2D eigenvalue weighted by atomic mass is 10.1. The second-order valence-electron chi connectivity index (χ2n) is 6.41. The summed E-state index contributed by atoms with van der Waals surface area (Å²) in [5.41, 5.74) is 3.17. The van der Waals surface area contributed by atoms with Gasteiger partial charge in [-0.2, -0.15) is 5.26 Å². The monoisotopic (exact) mass is 359 g/mol. The summed E-state index contributed by atoms with van der Waals surface area (Å²) in [6, 6.07) is 7.86. The van der Waals surface area contributed by atoms with Crippen LogP contribution in [0.2, 0.25) is 0 Å². The van der Waals surface area contributed by atoms with Gasteiger partial charge in [0.1, 0.15) is 6.07 Å². The van der Waals surface area contributed by atoms with Crippen LogP contribution in [-0.4, -0.2) is 47.5 Å². The molecular formula is C17H21N5O2S. The van der Waals surface area contributed by atoms with Gasteiger partial charge in [-0.3, -0.25) is 0 Å². The molecule has 1 atom stereocenters. The molecule has 0 aliphatic carbocycles. The van der Waals surface area contributed by atoms with Crippen LogP contribution in [0.15, 0.2) is 18.2 Å². The molecule has 0 N–H and O–H groups in total. The molecule has 0 saturated carbocycles. The number of hydrogen-bond donors (Lipinski definition) is 0. The van der Waals surface area contributed by atoms with Gasteiger partial charge in [0, 0.05) is 12.6 Å². The molecule has 132 valence electrons. The van der Waals surface area contributed by atoms with Crippen molar-refractivity contribution in [3.8, 4) is 11.8 Å². The molecule has 1 aromatic heterocycles. The van der Waals surface area contributed by atoms with Crippen molar-refractivity contribution >= 4 is 15.7 Å². The van der Waals surface area contributed by atoms with Crippen LogP contribution in [0.25, 0.3) is 5.69 Å². The Hall–Kier alpha value is -2.40. The molecule has 1 aromatic carbocycles. The highest BCUT2D eigenvalue weighted by Crippen LogP contribution is 2.26.